The molecule has 1 aromatic rings. The molecular weight excluding hydrogens is 186 g/mol. The van der Waals surface area contributed by atoms with Crippen LogP contribution in [-0.4, -0.2) is 10.1 Å². The van der Waals surface area contributed by atoms with Gasteiger partial charge in [0.2, 0.25) is 0 Å². The SMILES string of the molecule is CC1CC(C)(C)CC1(O)c1cccnc1. The van der Waals surface area contributed by atoms with Crippen molar-refractivity contribution in [2.45, 2.75) is 39.2 Å². The molecule has 0 saturated heterocycles. The summed E-state index contributed by atoms with van der Waals surface area (Å²) in [6.07, 6.45) is 5.43. The van der Waals surface area contributed by atoms with Crippen LogP contribution in [0.15, 0.2) is 24.5 Å². The Bertz CT molecular complexity index is 347. The monoisotopic (exact) mass is 205 g/mol. The molecule has 1 fully saturated rings. The molecule has 15 heavy (non-hydrogen) atoms. The van der Waals surface area contributed by atoms with E-state index in [1.807, 2.05) is 12.1 Å². The quantitative estimate of drug-likeness (QED) is 0.764. The third kappa shape index (κ3) is 1.78. The van der Waals surface area contributed by atoms with Crippen LogP contribution in [0.5, 0.6) is 0 Å². The van der Waals surface area contributed by atoms with Crippen molar-refractivity contribution in [3.63, 3.8) is 0 Å². The van der Waals surface area contributed by atoms with E-state index < -0.39 is 5.60 Å². The molecule has 1 aromatic heterocycles. The summed E-state index contributed by atoms with van der Waals surface area (Å²) in [5, 5.41) is 10.7. The lowest BCUT2D eigenvalue weighted by atomic mass is 9.84. The molecule has 1 aliphatic carbocycles. The first kappa shape index (κ1) is 10.6. The summed E-state index contributed by atoms with van der Waals surface area (Å²) in [7, 11) is 0. The van der Waals surface area contributed by atoms with Crippen LogP contribution in [0.1, 0.15) is 39.2 Å². The van der Waals surface area contributed by atoms with Gasteiger partial charge < -0.3 is 5.11 Å². The van der Waals surface area contributed by atoms with Crippen molar-refractivity contribution in [1.29, 1.82) is 0 Å². The molecule has 1 saturated carbocycles. The second-order valence-electron chi connectivity index (χ2n) is 5.61. The number of rotatable bonds is 1. The minimum atomic E-state index is -0.683. The summed E-state index contributed by atoms with van der Waals surface area (Å²) < 4.78 is 0. The minimum absolute atomic E-state index is 0.226. The first-order valence-corrected chi connectivity index (χ1v) is 5.57. The summed E-state index contributed by atoms with van der Waals surface area (Å²) in [6, 6.07) is 3.87. The maximum Gasteiger partial charge on any atom is 0.0942 e. The van der Waals surface area contributed by atoms with Crippen molar-refractivity contribution in [2.24, 2.45) is 11.3 Å². The van der Waals surface area contributed by atoms with Gasteiger partial charge in [-0.1, -0.05) is 26.8 Å². The van der Waals surface area contributed by atoms with Gasteiger partial charge in [-0.05, 0) is 30.2 Å². The topological polar surface area (TPSA) is 33.1 Å². The number of aliphatic hydroxyl groups is 1. The van der Waals surface area contributed by atoms with Crippen molar-refractivity contribution in [1.82, 2.24) is 4.98 Å². The Morgan fingerprint density at radius 3 is 2.67 bits per heavy atom. The van der Waals surface area contributed by atoms with Gasteiger partial charge in [0.25, 0.3) is 0 Å². The molecule has 2 atom stereocenters. The Morgan fingerprint density at radius 1 is 1.47 bits per heavy atom. The van der Waals surface area contributed by atoms with E-state index in [2.05, 4.69) is 25.8 Å². The minimum Gasteiger partial charge on any atom is -0.385 e. The zero-order chi connectivity index (χ0) is 11.1. The Hall–Kier alpha value is -0.890. The van der Waals surface area contributed by atoms with E-state index in [1.54, 1.807) is 12.4 Å². The summed E-state index contributed by atoms with van der Waals surface area (Å²) in [6.45, 7) is 6.57. The van der Waals surface area contributed by atoms with Gasteiger partial charge in [-0.15, -0.1) is 0 Å². The zero-order valence-corrected chi connectivity index (χ0v) is 9.70. The Kier molecular flexibility index (Phi) is 2.34. The summed E-state index contributed by atoms with van der Waals surface area (Å²) >= 11 is 0. The molecule has 0 amide bonds. The molecule has 0 aromatic carbocycles. The van der Waals surface area contributed by atoms with Crippen LogP contribution in [0.4, 0.5) is 0 Å². The van der Waals surface area contributed by atoms with Gasteiger partial charge in [0.05, 0.1) is 5.60 Å². The number of hydrogen-bond donors (Lipinski definition) is 1. The fraction of sp³-hybridized carbons (Fsp3) is 0.615. The maximum absolute atomic E-state index is 10.7. The van der Waals surface area contributed by atoms with Crippen molar-refractivity contribution in [2.75, 3.05) is 0 Å². The Balaban J connectivity index is 2.36. The standard InChI is InChI=1S/C13H19NO/c1-10-7-12(2,3)9-13(10,15)11-5-4-6-14-8-11/h4-6,8,10,15H,7,9H2,1-3H3. The smallest absolute Gasteiger partial charge is 0.0942 e. The second kappa shape index (κ2) is 3.31. The molecule has 0 bridgehead atoms. The molecular formula is C13H19NO. The summed E-state index contributed by atoms with van der Waals surface area (Å²) in [5.74, 6) is 0.302. The number of aromatic nitrogens is 1. The van der Waals surface area contributed by atoms with Crippen molar-refractivity contribution < 1.29 is 5.11 Å². The van der Waals surface area contributed by atoms with Crippen LogP contribution in [0.2, 0.25) is 0 Å². The largest absolute Gasteiger partial charge is 0.385 e. The predicted octanol–water partition coefficient (Wildman–Crippen LogP) is 2.73. The van der Waals surface area contributed by atoms with Crippen molar-refractivity contribution in [3.8, 4) is 0 Å². The van der Waals surface area contributed by atoms with E-state index in [1.165, 1.54) is 0 Å². The second-order valence-corrected chi connectivity index (χ2v) is 5.61. The van der Waals surface area contributed by atoms with Gasteiger partial charge in [0.1, 0.15) is 0 Å². The van der Waals surface area contributed by atoms with E-state index in [0.29, 0.717) is 5.92 Å². The highest BCUT2D eigenvalue weighted by molar-refractivity contribution is 5.22. The maximum atomic E-state index is 10.7. The molecule has 1 N–H and O–H groups in total. The third-order valence-electron chi connectivity index (χ3n) is 3.58. The van der Waals surface area contributed by atoms with Crippen LogP contribution < -0.4 is 0 Å². The average Bonchev–Trinajstić information content (AvgIpc) is 2.38. The summed E-state index contributed by atoms with van der Waals surface area (Å²) in [4.78, 5) is 4.10. The molecule has 82 valence electrons. The summed E-state index contributed by atoms with van der Waals surface area (Å²) in [5.41, 5.74) is 0.505. The Labute approximate surface area is 91.4 Å². The van der Waals surface area contributed by atoms with Crippen molar-refractivity contribution >= 4 is 0 Å². The molecule has 1 aliphatic rings. The van der Waals surface area contributed by atoms with E-state index in [0.717, 1.165) is 18.4 Å². The highest BCUT2D eigenvalue weighted by atomic mass is 16.3. The number of nitrogens with zero attached hydrogens (tertiary/aromatic N) is 1. The molecule has 2 heteroatoms. The van der Waals surface area contributed by atoms with E-state index in [9.17, 15) is 5.11 Å². The van der Waals surface area contributed by atoms with Crippen LogP contribution in [0.3, 0.4) is 0 Å². The van der Waals surface area contributed by atoms with Gasteiger partial charge in [0.15, 0.2) is 0 Å². The molecule has 2 rings (SSSR count). The molecule has 2 nitrogen and oxygen atoms in total. The highest BCUT2D eigenvalue weighted by Crippen LogP contribution is 2.52. The lowest BCUT2D eigenvalue weighted by Crippen LogP contribution is -2.29. The normalized spacial score (nSPS) is 34.3. The van der Waals surface area contributed by atoms with Gasteiger partial charge in [-0.3, -0.25) is 4.98 Å². The first-order chi connectivity index (χ1) is 6.94. The van der Waals surface area contributed by atoms with Gasteiger partial charge in [-0.25, -0.2) is 0 Å². The van der Waals surface area contributed by atoms with Gasteiger partial charge in [-0.2, -0.15) is 0 Å². The van der Waals surface area contributed by atoms with Crippen LogP contribution in [0.25, 0.3) is 0 Å². The fourth-order valence-corrected chi connectivity index (χ4v) is 2.98. The van der Waals surface area contributed by atoms with Gasteiger partial charge in [0, 0.05) is 18.0 Å². The average molecular weight is 205 g/mol. The van der Waals surface area contributed by atoms with E-state index >= 15 is 0 Å². The molecule has 1 heterocycles. The molecule has 0 spiro atoms. The highest BCUT2D eigenvalue weighted by Gasteiger charge is 2.48. The van der Waals surface area contributed by atoms with E-state index in [-0.39, 0.29) is 5.41 Å². The van der Waals surface area contributed by atoms with Crippen LogP contribution in [0, 0.1) is 11.3 Å². The lowest BCUT2D eigenvalue weighted by Gasteiger charge is -2.28. The van der Waals surface area contributed by atoms with Crippen LogP contribution >= 0.6 is 0 Å². The number of pyridine rings is 1. The van der Waals surface area contributed by atoms with E-state index in [4.69, 9.17) is 0 Å². The lowest BCUT2D eigenvalue weighted by molar-refractivity contribution is -0.00115. The predicted molar refractivity (Wildman–Crippen MR) is 60.3 cm³/mol. The van der Waals surface area contributed by atoms with Crippen molar-refractivity contribution in [3.05, 3.63) is 30.1 Å². The van der Waals surface area contributed by atoms with Gasteiger partial charge >= 0.3 is 0 Å². The zero-order valence-electron chi connectivity index (χ0n) is 9.70. The number of hydrogen-bond acceptors (Lipinski definition) is 2. The third-order valence-corrected chi connectivity index (χ3v) is 3.58. The molecule has 0 aliphatic heterocycles. The molecule has 0 radical (unpaired) electrons. The Morgan fingerprint density at radius 2 is 2.20 bits per heavy atom. The fourth-order valence-electron chi connectivity index (χ4n) is 2.98. The van der Waals surface area contributed by atoms with Crippen LogP contribution in [-0.2, 0) is 5.60 Å². The first-order valence-electron chi connectivity index (χ1n) is 5.57. The molecule has 2 unspecified atom stereocenters.